The number of aromatic nitrogens is 2. The van der Waals surface area contributed by atoms with Crippen LogP contribution in [0.2, 0.25) is 0 Å². The summed E-state index contributed by atoms with van der Waals surface area (Å²) in [5.41, 5.74) is 1.08. The van der Waals surface area contributed by atoms with E-state index in [0.29, 0.717) is 29.3 Å². The van der Waals surface area contributed by atoms with Gasteiger partial charge in [-0.2, -0.15) is 13.2 Å². The fourth-order valence-electron chi connectivity index (χ4n) is 3.10. The highest BCUT2D eigenvalue weighted by molar-refractivity contribution is 5.62. The van der Waals surface area contributed by atoms with Crippen LogP contribution in [0.1, 0.15) is 11.3 Å². The molecule has 0 aromatic carbocycles. The summed E-state index contributed by atoms with van der Waals surface area (Å²) in [4.78, 5) is 6.70. The predicted molar refractivity (Wildman–Crippen MR) is 86.0 cm³/mol. The van der Waals surface area contributed by atoms with Gasteiger partial charge in [-0.05, 0) is 24.3 Å². The molecule has 0 radical (unpaired) electrons. The predicted octanol–water partition coefficient (Wildman–Crippen LogP) is 3.02. The molecule has 3 aromatic heterocycles. The molecule has 0 unspecified atom stereocenters. The van der Waals surface area contributed by atoms with Crippen molar-refractivity contribution in [3.63, 3.8) is 0 Å². The summed E-state index contributed by atoms with van der Waals surface area (Å²) in [6.45, 7) is 3.91. The molecule has 0 amide bonds. The van der Waals surface area contributed by atoms with Gasteiger partial charge in [0, 0.05) is 38.9 Å². The summed E-state index contributed by atoms with van der Waals surface area (Å²) < 4.78 is 46.3. The highest BCUT2D eigenvalue weighted by Crippen LogP contribution is 2.32. The monoisotopic (exact) mass is 350 g/mol. The van der Waals surface area contributed by atoms with Crippen molar-refractivity contribution in [1.29, 1.82) is 0 Å². The Kier molecular flexibility index (Phi) is 4.01. The summed E-state index contributed by atoms with van der Waals surface area (Å²) in [6.07, 6.45) is -1.74. The first kappa shape index (κ1) is 16.2. The van der Waals surface area contributed by atoms with Gasteiger partial charge in [-0.25, -0.2) is 4.98 Å². The molecule has 25 heavy (non-hydrogen) atoms. The summed E-state index contributed by atoms with van der Waals surface area (Å²) >= 11 is 0. The fourth-order valence-corrected chi connectivity index (χ4v) is 3.10. The van der Waals surface area contributed by atoms with Crippen LogP contribution >= 0.6 is 0 Å². The number of nitrogens with one attached hydrogen (secondary N) is 1. The van der Waals surface area contributed by atoms with Crippen LogP contribution in [-0.2, 0) is 12.7 Å². The maximum absolute atomic E-state index is 13.1. The second kappa shape index (κ2) is 6.20. The highest BCUT2D eigenvalue weighted by Gasteiger charge is 2.31. The van der Waals surface area contributed by atoms with Gasteiger partial charge in [-0.1, -0.05) is 0 Å². The number of pyridine rings is 1. The zero-order chi connectivity index (χ0) is 17.4. The first-order valence-electron chi connectivity index (χ1n) is 8.07. The minimum atomic E-state index is -4.39. The van der Waals surface area contributed by atoms with Crippen LogP contribution in [0.25, 0.3) is 17.1 Å². The standard InChI is InChI=1S/C17H17F3N4O/c18-17(19,20)12-3-4-15-22-16(14-2-1-9-25-14)13(24(15)10-12)11-23-7-5-21-6-8-23/h1-4,9-10,21H,5-8,11H2. The van der Waals surface area contributed by atoms with Crippen molar-refractivity contribution in [2.45, 2.75) is 12.7 Å². The van der Waals surface area contributed by atoms with Crippen LogP contribution < -0.4 is 5.32 Å². The molecule has 4 rings (SSSR count). The number of alkyl halides is 3. The molecule has 1 aliphatic heterocycles. The molecule has 5 nitrogen and oxygen atoms in total. The molecule has 0 atom stereocenters. The van der Waals surface area contributed by atoms with Gasteiger partial charge in [0.25, 0.3) is 0 Å². The molecule has 1 saturated heterocycles. The van der Waals surface area contributed by atoms with Crippen molar-refractivity contribution in [1.82, 2.24) is 19.6 Å². The molecule has 0 spiro atoms. The second-order valence-corrected chi connectivity index (χ2v) is 6.05. The molecule has 1 N–H and O–H groups in total. The largest absolute Gasteiger partial charge is 0.463 e. The molecule has 3 aromatic rings. The van der Waals surface area contributed by atoms with Crippen molar-refractivity contribution in [2.75, 3.05) is 26.2 Å². The lowest BCUT2D eigenvalue weighted by atomic mass is 10.2. The molecular formula is C17H17F3N4O. The lowest BCUT2D eigenvalue weighted by Gasteiger charge is -2.27. The minimum absolute atomic E-state index is 0.476. The fraction of sp³-hybridized carbons (Fsp3) is 0.353. The minimum Gasteiger partial charge on any atom is -0.463 e. The summed E-state index contributed by atoms with van der Waals surface area (Å²) in [5, 5.41) is 3.27. The van der Waals surface area contributed by atoms with E-state index in [1.54, 1.807) is 12.1 Å². The zero-order valence-corrected chi connectivity index (χ0v) is 13.4. The van der Waals surface area contributed by atoms with Crippen molar-refractivity contribution >= 4 is 5.65 Å². The SMILES string of the molecule is FC(F)(F)c1ccc2nc(-c3ccco3)c(CN3CCNCC3)n2c1. The number of fused-ring (bicyclic) bond motifs is 1. The van der Waals surface area contributed by atoms with E-state index in [-0.39, 0.29) is 0 Å². The number of halogens is 3. The van der Waals surface area contributed by atoms with E-state index in [0.717, 1.165) is 38.4 Å². The van der Waals surface area contributed by atoms with Crippen LogP contribution in [0.3, 0.4) is 0 Å². The Labute approximate surface area is 142 Å². The maximum atomic E-state index is 13.1. The van der Waals surface area contributed by atoms with Crippen molar-refractivity contribution in [3.05, 3.63) is 48.0 Å². The van der Waals surface area contributed by atoms with Gasteiger partial charge in [-0.15, -0.1) is 0 Å². The van der Waals surface area contributed by atoms with E-state index < -0.39 is 11.7 Å². The number of hydrogen-bond acceptors (Lipinski definition) is 4. The number of furan rings is 1. The van der Waals surface area contributed by atoms with Gasteiger partial charge >= 0.3 is 6.18 Å². The Morgan fingerprint density at radius 2 is 1.96 bits per heavy atom. The highest BCUT2D eigenvalue weighted by atomic mass is 19.4. The van der Waals surface area contributed by atoms with Gasteiger partial charge in [0.05, 0.1) is 17.5 Å². The topological polar surface area (TPSA) is 45.7 Å². The third-order valence-corrected chi connectivity index (χ3v) is 4.38. The lowest BCUT2D eigenvalue weighted by Crippen LogP contribution is -2.43. The third kappa shape index (κ3) is 3.14. The third-order valence-electron chi connectivity index (χ3n) is 4.38. The number of nitrogens with zero attached hydrogens (tertiary/aromatic N) is 3. The average molecular weight is 350 g/mol. The normalized spacial score (nSPS) is 16.6. The van der Waals surface area contributed by atoms with E-state index in [9.17, 15) is 13.2 Å². The van der Waals surface area contributed by atoms with E-state index in [2.05, 4.69) is 15.2 Å². The van der Waals surface area contributed by atoms with E-state index in [4.69, 9.17) is 4.42 Å². The van der Waals surface area contributed by atoms with Gasteiger partial charge in [-0.3, -0.25) is 4.90 Å². The summed E-state index contributed by atoms with van der Waals surface area (Å²) in [7, 11) is 0. The molecule has 8 heteroatoms. The van der Waals surface area contributed by atoms with Crippen LogP contribution in [0.15, 0.2) is 41.1 Å². The molecule has 1 fully saturated rings. The number of hydrogen-bond donors (Lipinski definition) is 1. The van der Waals surface area contributed by atoms with E-state index in [1.165, 1.54) is 16.7 Å². The van der Waals surface area contributed by atoms with E-state index >= 15 is 0 Å². The number of rotatable bonds is 3. The van der Waals surface area contributed by atoms with Crippen LogP contribution in [0.5, 0.6) is 0 Å². The zero-order valence-electron chi connectivity index (χ0n) is 13.4. The summed E-state index contributed by atoms with van der Waals surface area (Å²) in [6, 6.07) is 5.97. The Bertz CT molecular complexity index is 864. The number of imidazole rings is 1. The first-order chi connectivity index (χ1) is 12.0. The molecule has 0 saturated carbocycles. The molecule has 1 aliphatic rings. The Morgan fingerprint density at radius 3 is 2.64 bits per heavy atom. The number of piperazine rings is 1. The van der Waals surface area contributed by atoms with Gasteiger partial charge in [0.2, 0.25) is 0 Å². The Morgan fingerprint density at radius 1 is 1.16 bits per heavy atom. The summed E-state index contributed by atoms with van der Waals surface area (Å²) in [5.74, 6) is 0.558. The second-order valence-electron chi connectivity index (χ2n) is 6.05. The lowest BCUT2D eigenvalue weighted by molar-refractivity contribution is -0.137. The Hall–Kier alpha value is -2.32. The van der Waals surface area contributed by atoms with Crippen LogP contribution in [0, 0.1) is 0 Å². The first-order valence-corrected chi connectivity index (χ1v) is 8.07. The quantitative estimate of drug-likeness (QED) is 0.789. The van der Waals surface area contributed by atoms with Crippen molar-refractivity contribution < 1.29 is 17.6 Å². The smallest absolute Gasteiger partial charge is 0.417 e. The molecule has 0 aliphatic carbocycles. The molecule has 0 bridgehead atoms. The Balaban J connectivity index is 1.83. The van der Waals surface area contributed by atoms with Crippen LogP contribution in [-0.4, -0.2) is 40.5 Å². The van der Waals surface area contributed by atoms with Gasteiger partial charge < -0.3 is 14.1 Å². The van der Waals surface area contributed by atoms with Crippen molar-refractivity contribution in [3.8, 4) is 11.5 Å². The van der Waals surface area contributed by atoms with Crippen LogP contribution in [0.4, 0.5) is 13.2 Å². The van der Waals surface area contributed by atoms with Crippen molar-refractivity contribution in [2.24, 2.45) is 0 Å². The molecule has 132 valence electrons. The average Bonchev–Trinajstić information content (AvgIpc) is 3.23. The maximum Gasteiger partial charge on any atom is 0.417 e. The van der Waals surface area contributed by atoms with Gasteiger partial charge in [0.1, 0.15) is 11.3 Å². The molecular weight excluding hydrogens is 333 g/mol. The van der Waals surface area contributed by atoms with Gasteiger partial charge in [0.15, 0.2) is 5.76 Å². The van der Waals surface area contributed by atoms with E-state index in [1.807, 2.05) is 0 Å². The molecule has 4 heterocycles.